The summed E-state index contributed by atoms with van der Waals surface area (Å²) in [6, 6.07) is 7.56. The van der Waals surface area contributed by atoms with Crippen molar-refractivity contribution < 1.29 is 14.3 Å². The van der Waals surface area contributed by atoms with Gasteiger partial charge in [-0.05, 0) is 37.0 Å². The summed E-state index contributed by atoms with van der Waals surface area (Å²) in [5.74, 6) is 0.336. The van der Waals surface area contributed by atoms with Gasteiger partial charge in [-0.15, -0.1) is 0 Å². The Kier molecular flexibility index (Phi) is 7.06. The van der Waals surface area contributed by atoms with E-state index in [1.54, 1.807) is 12.1 Å². The SMILES string of the molecule is COCC(=O)Nc1cccc(NCC(=O)N[C@@H]2CCCC[C@H]2C)c1. The van der Waals surface area contributed by atoms with E-state index in [9.17, 15) is 9.59 Å². The first kappa shape index (κ1) is 18.3. The molecular formula is C18H27N3O3. The zero-order valence-electron chi connectivity index (χ0n) is 14.4. The fourth-order valence-electron chi connectivity index (χ4n) is 3.01. The molecular weight excluding hydrogens is 306 g/mol. The molecule has 2 atom stereocenters. The molecule has 0 bridgehead atoms. The Bertz CT molecular complexity index is 562. The molecule has 0 unspecified atom stereocenters. The zero-order valence-corrected chi connectivity index (χ0v) is 14.4. The highest BCUT2D eigenvalue weighted by Crippen LogP contribution is 2.23. The minimum Gasteiger partial charge on any atom is -0.376 e. The molecule has 0 saturated heterocycles. The van der Waals surface area contributed by atoms with Crippen molar-refractivity contribution in [1.82, 2.24) is 5.32 Å². The number of carbonyl (C=O) groups excluding carboxylic acids is 2. The van der Waals surface area contributed by atoms with Gasteiger partial charge >= 0.3 is 0 Å². The van der Waals surface area contributed by atoms with Crippen molar-refractivity contribution >= 4 is 23.2 Å². The third-order valence-corrected chi connectivity index (χ3v) is 4.33. The molecule has 2 amide bonds. The summed E-state index contributed by atoms with van der Waals surface area (Å²) >= 11 is 0. The lowest BCUT2D eigenvalue weighted by Gasteiger charge is -2.29. The van der Waals surface area contributed by atoms with E-state index in [0.29, 0.717) is 11.6 Å². The highest BCUT2D eigenvalue weighted by molar-refractivity contribution is 5.92. The number of rotatable bonds is 7. The molecule has 6 nitrogen and oxygen atoms in total. The van der Waals surface area contributed by atoms with Crippen LogP contribution in [0.1, 0.15) is 32.6 Å². The molecule has 0 aromatic heterocycles. The Labute approximate surface area is 143 Å². The van der Waals surface area contributed by atoms with Crippen LogP contribution in [0.25, 0.3) is 0 Å². The second kappa shape index (κ2) is 9.27. The molecule has 0 aliphatic heterocycles. The maximum Gasteiger partial charge on any atom is 0.250 e. The third-order valence-electron chi connectivity index (χ3n) is 4.33. The van der Waals surface area contributed by atoms with Gasteiger partial charge < -0.3 is 20.7 Å². The fourth-order valence-corrected chi connectivity index (χ4v) is 3.01. The lowest BCUT2D eigenvalue weighted by atomic mass is 9.86. The largest absolute Gasteiger partial charge is 0.376 e. The van der Waals surface area contributed by atoms with Gasteiger partial charge in [-0.1, -0.05) is 25.8 Å². The summed E-state index contributed by atoms with van der Waals surface area (Å²) in [6.07, 6.45) is 4.69. The molecule has 0 radical (unpaired) electrons. The maximum atomic E-state index is 12.1. The number of anilines is 2. The van der Waals surface area contributed by atoms with E-state index in [1.165, 1.54) is 26.4 Å². The summed E-state index contributed by atoms with van der Waals surface area (Å²) in [7, 11) is 1.48. The lowest BCUT2D eigenvalue weighted by molar-refractivity contribution is -0.121. The molecule has 132 valence electrons. The Balaban J connectivity index is 1.80. The van der Waals surface area contributed by atoms with Crippen LogP contribution >= 0.6 is 0 Å². The average Bonchev–Trinajstić information content (AvgIpc) is 2.56. The van der Waals surface area contributed by atoms with E-state index in [0.717, 1.165) is 12.1 Å². The van der Waals surface area contributed by atoms with Crippen LogP contribution in [-0.4, -0.2) is 38.1 Å². The van der Waals surface area contributed by atoms with Crippen LogP contribution in [0.4, 0.5) is 11.4 Å². The number of methoxy groups -OCH3 is 1. The van der Waals surface area contributed by atoms with Crippen molar-refractivity contribution in [2.45, 2.75) is 38.6 Å². The number of ether oxygens (including phenoxy) is 1. The average molecular weight is 333 g/mol. The zero-order chi connectivity index (χ0) is 17.4. The van der Waals surface area contributed by atoms with E-state index in [1.807, 2.05) is 12.1 Å². The number of benzene rings is 1. The first-order valence-electron chi connectivity index (χ1n) is 8.50. The second-order valence-electron chi connectivity index (χ2n) is 6.35. The molecule has 24 heavy (non-hydrogen) atoms. The van der Waals surface area contributed by atoms with Gasteiger partial charge in [0.2, 0.25) is 11.8 Å². The topological polar surface area (TPSA) is 79.5 Å². The van der Waals surface area contributed by atoms with Crippen LogP contribution in [0, 0.1) is 5.92 Å². The minimum absolute atomic E-state index is 0.00238. The maximum absolute atomic E-state index is 12.1. The Hall–Kier alpha value is -2.08. The summed E-state index contributed by atoms with van der Waals surface area (Å²) in [5.41, 5.74) is 1.46. The Morgan fingerprint density at radius 3 is 2.67 bits per heavy atom. The van der Waals surface area contributed by atoms with Crippen LogP contribution in [0.5, 0.6) is 0 Å². The minimum atomic E-state index is -0.210. The molecule has 1 aliphatic carbocycles. The molecule has 1 aromatic rings. The van der Waals surface area contributed by atoms with Gasteiger partial charge in [-0.2, -0.15) is 0 Å². The van der Waals surface area contributed by atoms with Crippen LogP contribution < -0.4 is 16.0 Å². The smallest absolute Gasteiger partial charge is 0.250 e. The normalized spacial score (nSPS) is 20.2. The van der Waals surface area contributed by atoms with E-state index in [2.05, 4.69) is 22.9 Å². The van der Waals surface area contributed by atoms with Crippen LogP contribution in [0.15, 0.2) is 24.3 Å². The number of hydrogen-bond donors (Lipinski definition) is 3. The Morgan fingerprint density at radius 1 is 1.17 bits per heavy atom. The highest BCUT2D eigenvalue weighted by Gasteiger charge is 2.22. The molecule has 1 saturated carbocycles. The Morgan fingerprint density at radius 2 is 1.92 bits per heavy atom. The monoisotopic (exact) mass is 333 g/mol. The predicted octanol–water partition coefficient (Wildman–Crippen LogP) is 2.38. The number of hydrogen-bond acceptors (Lipinski definition) is 4. The predicted molar refractivity (Wildman–Crippen MR) is 95.0 cm³/mol. The van der Waals surface area contributed by atoms with E-state index in [-0.39, 0.29) is 31.0 Å². The van der Waals surface area contributed by atoms with Crippen molar-refractivity contribution in [3.8, 4) is 0 Å². The van der Waals surface area contributed by atoms with Crippen LogP contribution in [0.3, 0.4) is 0 Å². The fraction of sp³-hybridized carbons (Fsp3) is 0.556. The first-order valence-corrected chi connectivity index (χ1v) is 8.50. The third kappa shape index (κ3) is 5.85. The molecule has 3 N–H and O–H groups in total. The summed E-state index contributed by atoms with van der Waals surface area (Å²) in [5, 5.41) is 8.95. The second-order valence-corrected chi connectivity index (χ2v) is 6.35. The van der Waals surface area contributed by atoms with E-state index in [4.69, 9.17) is 4.74 Å². The number of nitrogens with one attached hydrogen (secondary N) is 3. The van der Waals surface area contributed by atoms with Gasteiger partial charge in [0.25, 0.3) is 0 Å². The van der Waals surface area contributed by atoms with Crippen molar-refractivity contribution in [3.63, 3.8) is 0 Å². The molecule has 2 rings (SSSR count). The van der Waals surface area contributed by atoms with Gasteiger partial charge in [0.05, 0.1) is 6.54 Å². The van der Waals surface area contributed by atoms with Crippen molar-refractivity contribution in [2.75, 3.05) is 30.9 Å². The molecule has 1 aliphatic rings. The highest BCUT2D eigenvalue weighted by atomic mass is 16.5. The van der Waals surface area contributed by atoms with Gasteiger partial charge in [-0.3, -0.25) is 9.59 Å². The standard InChI is InChI=1S/C18H27N3O3/c1-13-6-3-4-9-16(13)21-17(22)11-19-14-7-5-8-15(10-14)20-18(23)12-24-2/h5,7-8,10,13,16,19H,3-4,6,9,11-12H2,1-2H3,(H,20,23)(H,21,22)/t13-,16-/m1/s1. The quantitative estimate of drug-likeness (QED) is 0.716. The molecule has 1 fully saturated rings. The number of carbonyl (C=O) groups is 2. The van der Waals surface area contributed by atoms with Crippen LogP contribution in [-0.2, 0) is 14.3 Å². The van der Waals surface area contributed by atoms with E-state index < -0.39 is 0 Å². The summed E-state index contributed by atoms with van der Waals surface area (Å²) in [6.45, 7) is 2.43. The lowest BCUT2D eigenvalue weighted by Crippen LogP contribution is -2.43. The molecule has 1 aromatic carbocycles. The molecule has 0 spiro atoms. The van der Waals surface area contributed by atoms with Crippen molar-refractivity contribution in [3.05, 3.63) is 24.3 Å². The first-order chi connectivity index (χ1) is 11.6. The van der Waals surface area contributed by atoms with Crippen molar-refractivity contribution in [2.24, 2.45) is 5.92 Å². The van der Waals surface area contributed by atoms with Gasteiger partial charge in [0.15, 0.2) is 0 Å². The van der Waals surface area contributed by atoms with Crippen LogP contribution in [0.2, 0.25) is 0 Å². The summed E-state index contributed by atoms with van der Waals surface area (Å²) < 4.78 is 4.79. The van der Waals surface area contributed by atoms with Gasteiger partial charge in [0, 0.05) is 24.5 Å². The van der Waals surface area contributed by atoms with Crippen molar-refractivity contribution in [1.29, 1.82) is 0 Å². The molecule has 6 heteroatoms. The summed E-state index contributed by atoms with van der Waals surface area (Å²) in [4.78, 5) is 23.6. The van der Waals surface area contributed by atoms with E-state index >= 15 is 0 Å². The van der Waals surface area contributed by atoms with Gasteiger partial charge in [0.1, 0.15) is 6.61 Å². The van der Waals surface area contributed by atoms with Gasteiger partial charge in [-0.25, -0.2) is 0 Å². The number of amides is 2. The molecule has 0 heterocycles.